The fraction of sp³-hybridized carbons (Fsp3) is 0.278. The summed E-state index contributed by atoms with van der Waals surface area (Å²) in [5.74, 6) is -0.393. The van der Waals surface area contributed by atoms with Gasteiger partial charge in [-0.3, -0.25) is 4.79 Å². The number of carbonyl (C=O) groups excluding carboxylic acids is 1. The number of hydrogen-bond donors (Lipinski definition) is 0. The van der Waals surface area contributed by atoms with Crippen molar-refractivity contribution in [1.29, 1.82) is 0 Å². The van der Waals surface area contributed by atoms with Crippen LogP contribution in [0.3, 0.4) is 0 Å². The Labute approximate surface area is 172 Å². The summed E-state index contributed by atoms with van der Waals surface area (Å²) in [5, 5.41) is 10.3. The van der Waals surface area contributed by atoms with Gasteiger partial charge in [0, 0.05) is 13.3 Å². The van der Waals surface area contributed by atoms with Crippen molar-refractivity contribution in [3.8, 4) is 0 Å². The van der Waals surface area contributed by atoms with Crippen LogP contribution in [-0.2, 0) is 16.0 Å². The molecular weight excluding hydrogens is 418 g/mol. The van der Waals surface area contributed by atoms with E-state index in [0.29, 0.717) is 32.2 Å². The summed E-state index contributed by atoms with van der Waals surface area (Å²) in [6.45, 7) is 3.24. The first kappa shape index (κ1) is 21.0. The molecular formula is C18H16Cl4N2O2. The molecule has 0 spiro atoms. The number of nitrogens with zero attached hydrogens (tertiary/aromatic N) is 2. The Morgan fingerprint density at radius 2 is 1.62 bits per heavy atom. The average molecular weight is 434 g/mol. The smallest absolute Gasteiger partial charge is 0.302 e. The molecule has 0 saturated heterocycles. The fourth-order valence-corrected chi connectivity index (χ4v) is 2.80. The lowest BCUT2D eigenvalue weighted by Crippen LogP contribution is -2.32. The molecule has 0 saturated carbocycles. The molecule has 2 aromatic carbocycles. The van der Waals surface area contributed by atoms with Gasteiger partial charge >= 0.3 is 5.97 Å². The second-order valence-corrected chi connectivity index (χ2v) is 7.63. The van der Waals surface area contributed by atoms with Gasteiger partial charge in [-0.2, -0.15) is 10.2 Å². The van der Waals surface area contributed by atoms with Gasteiger partial charge < -0.3 is 4.74 Å². The predicted octanol–water partition coefficient (Wildman–Crippen LogP) is 6.95. The van der Waals surface area contributed by atoms with Crippen LogP contribution in [0.25, 0.3) is 0 Å². The van der Waals surface area contributed by atoms with Gasteiger partial charge in [-0.1, -0.05) is 52.5 Å². The molecule has 0 N–H and O–H groups in total. The third-order valence-electron chi connectivity index (χ3n) is 3.47. The van der Waals surface area contributed by atoms with Gasteiger partial charge in [0.05, 0.1) is 25.8 Å². The summed E-state index contributed by atoms with van der Waals surface area (Å²) in [6.07, 6.45) is 0.446. The van der Waals surface area contributed by atoms with E-state index in [2.05, 4.69) is 10.2 Å². The van der Waals surface area contributed by atoms with Gasteiger partial charge in [0.15, 0.2) is 0 Å². The number of carbonyl (C=O) groups is 1. The van der Waals surface area contributed by atoms with Crippen LogP contribution < -0.4 is 0 Å². The number of halogens is 4. The number of hydrogen-bond acceptors (Lipinski definition) is 4. The maximum atomic E-state index is 11.2. The Bertz CT molecular complexity index is 842. The molecule has 0 amide bonds. The zero-order chi connectivity index (χ0) is 19.3. The molecule has 2 aromatic rings. The predicted molar refractivity (Wildman–Crippen MR) is 106 cm³/mol. The first-order valence-corrected chi connectivity index (χ1v) is 9.15. The topological polar surface area (TPSA) is 51.0 Å². The van der Waals surface area contributed by atoms with Crippen LogP contribution in [0.5, 0.6) is 0 Å². The highest BCUT2D eigenvalue weighted by Crippen LogP contribution is 2.29. The van der Waals surface area contributed by atoms with E-state index in [0.717, 1.165) is 5.56 Å². The number of benzene rings is 2. The van der Waals surface area contributed by atoms with Crippen LogP contribution in [0.4, 0.5) is 5.69 Å². The van der Waals surface area contributed by atoms with Crippen molar-refractivity contribution in [2.45, 2.75) is 25.8 Å². The van der Waals surface area contributed by atoms with Crippen molar-refractivity contribution in [3.63, 3.8) is 0 Å². The quantitative estimate of drug-likeness (QED) is 0.365. The van der Waals surface area contributed by atoms with Crippen molar-refractivity contribution < 1.29 is 9.53 Å². The Kier molecular flexibility index (Phi) is 7.30. The minimum absolute atomic E-state index is 0.0629. The second kappa shape index (κ2) is 9.05. The van der Waals surface area contributed by atoms with Gasteiger partial charge in [0.1, 0.15) is 12.1 Å². The summed E-state index contributed by atoms with van der Waals surface area (Å²) < 4.78 is 5.17. The van der Waals surface area contributed by atoms with Crippen LogP contribution >= 0.6 is 46.4 Å². The molecule has 0 bridgehead atoms. The van der Waals surface area contributed by atoms with Gasteiger partial charge in [-0.05, 0) is 42.8 Å². The highest BCUT2D eigenvalue weighted by atomic mass is 35.5. The van der Waals surface area contributed by atoms with Gasteiger partial charge in [-0.15, -0.1) is 0 Å². The second-order valence-electron chi connectivity index (χ2n) is 6.00. The zero-order valence-electron chi connectivity index (χ0n) is 14.1. The SMILES string of the molecule is CC(=O)OCC(C)(Cc1ccc(Cl)c(Cl)c1)N=Nc1ccc(Cl)c(Cl)c1. The summed E-state index contributed by atoms with van der Waals surface area (Å²) in [4.78, 5) is 11.2. The molecule has 0 aliphatic heterocycles. The Balaban J connectivity index is 2.27. The largest absolute Gasteiger partial charge is 0.463 e. The first-order valence-electron chi connectivity index (χ1n) is 7.64. The minimum atomic E-state index is -0.797. The van der Waals surface area contributed by atoms with E-state index in [4.69, 9.17) is 51.1 Å². The molecule has 138 valence electrons. The van der Waals surface area contributed by atoms with Crippen molar-refractivity contribution in [3.05, 3.63) is 62.1 Å². The molecule has 0 aromatic heterocycles. The lowest BCUT2D eigenvalue weighted by molar-refractivity contribution is -0.142. The lowest BCUT2D eigenvalue weighted by atomic mass is 9.94. The highest BCUT2D eigenvalue weighted by Gasteiger charge is 2.27. The van der Waals surface area contributed by atoms with E-state index in [9.17, 15) is 4.79 Å². The van der Waals surface area contributed by atoms with Gasteiger partial charge in [0.25, 0.3) is 0 Å². The van der Waals surface area contributed by atoms with Crippen molar-refractivity contribution in [2.75, 3.05) is 6.61 Å². The third-order valence-corrected chi connectivity index (χ3v) is 4.94. The molecule has 0 fully saturated rings. The molecule has 8 heteroatoms. The van der Waals surface area contributed by atoms with E-state index in [1.54, 1.807) is 30.3 Å². The fourth-order valence-electron chi connectivity index (χ4n) is 2.19. The van der Waals surface area contributed by atoms with Crippen molar-refractivity contribution in [1.82, 2.24) is 0 Å². The number of ether oxygens (including phenoxy) is 1. The zero-order valence-corrected chi connectivity index (χ0v) is 17.1. The van der Waals surface area contributed by atoms with Crippen LogP contribution in [0.15, 0.2) is 46.6 Å². The normalized spacial score (nSPS) is 13.6. The molecule has 0 radical (unpaired) electrons. The summed E-state index contributed by atoms with van der Waals surface area (Å²) in [6, 6.07) is 10.3. The van der Waals surface area contributed by atoms with Crippen LogP contribution in [0, 0.1) is 0 Å². The maximum absolute atomic E-state index is 11.2. The number of esters is 1. The lowest BCUT2D eigenvalue weighted by Gasteiger charge is -2.23. The summed E-state index contributed by atoms with van der Waals surface area (Å²) in [7, 11) is 0. The Hall–Kier alpha value is -1.33. The van der Waals surface area contributed by atoms with Crippen LogP contribution in [0.1, 0.15) is 19.4 Å². The summed E-state index contributed by atoms with van der Waals surface area (Å²) in [5.41, 5.74) is 0.638. The molecule has 2 rings (SSSR count). The standard InChI is InChI=1S/C18H16Cl4N2O2/c1-11(25)26-10-18(2,9-12-3-5-14(19)16(21)7-12)24-23-13-4-6-15(20)17(22)8-13/h3-8H,9-10H2,1-2H3. The summed E-state index contributed by atoms with van der Waals surface area (Å²) >= 11 is 23.9. The Morgan fingerprint density at radius 3 is 2.19 bits per heavy atom. The van der Waals surface area contributed by atoms with Crippen molar-refractivity contribution >= 4 is 58.1 Å². The van der Waals surface area contributed by atoms with Gasteiger partial charge in [-0.25, -0.2) is 0 Å². The molecule has 26 heavy (non-hydrogen) atoms. The van der Waals surface area contributed by atoms with Crippen molar-refractivity contribution in [2.24, 2.45) is 10.2 Å². The average Bonchev–Trinajstić information content (AvgIpc) is 2.58. The van der Waals surface area contributed by atoms with E-state index in [1.165, 1.54) is 6.92 Å². The molecule has 4 nitrogen and oxygen atoms in total. The van der Waals surface area contributed by atoms with Crippen LogP contribution in [-0.4, -0.2) is 18.1 Å². The van der Waals surface area contributed by atoms with E-state index >= 15 is 0 Å². The third kappa shape index (κ3) is 6.13. The molecule has 0 aliphatic rings. The first-order chi connectivity index (χ1) is 12.2. The molecule has 1 unspecified atom stereocenters. The van der Waals surface area contributed by atoms with E-state index in [-0.39, 0.29) is 6.61 Å². The monoisotopic (exact) mass is 432 g/mol. The number of azo groups is 1. The number of rotatable bonds is 6. The highest BCUT2D eigenvalue weighted by molar-refractivity contribution is 6.42. The van der Waals surface area contributed by atoms with Gasteiger partial charge in [0.2, 0.25) is 0 Å². The minimum Gasteiger partial charge on any atom is -0.463 e. The Morgan fingerprint density at radius 1 is 1.00 bits per heavy atom. The molecule has 0 aliphatic carbocycles. The van der Waals surface area contributed by atoms with E-state index in [1.807, 2.05) is 13.0 Å². The molecule has 0 heterocycles. The van der Waals surface area contributed by atoms with Crippen LogP contribution in [0.2, 0.25) is 20.1 Å². The van der Waals surface area contributed by atoms with E-state index < -0.39 is 11.5 Å². The maximum Gasteiger partial charge on any atom is 0.302 e. The molecule has 1 atom stereocenters.